The SMILES string of the molecule is O=C(O)C=Cc1csc(CNC(=O)c2ccoc2)c1. The topological polar surface area (TPSA) is 79.5 Å². The lowest BCUT2D eigenvalue weighted by molar-refractivity contribution is -0.131. The van der Waals surface area contributed by atoms with E-state index >= 15 is 0 Å². The average Bonchev–Trinajstić information content (AvgIpc) is 3.04. The Morgan fingerprint density at radius 1 is 1.47 bits per heavy atom. The first-order valence-electron chi connectivity index (χ1n) is 5.44. The molecule has 0 aromatic carbocycles. The molecule has 2 aromatic heterocycles. The van der Waals surface area contributed by atoms with Crippen LogP contribution in [0.1, 0.15) is 20.8 Å². The lowest BCUT2D eigenvalue weighted by Crippen LogP contribution is -2.21. The molecule has 0 saturated carbocycles. The number of thiophene rings is 1. The molecular weight excluding hydrogens is 266 g/mol. The predicted octanol–water partition coefficient (Wildman–Crippen LogP) is 2.37. The fourth-order valence-electron chi connectivity index (χ4n) is 1.41. The number of carbonyl (C=O) groups is 2. The van der Waals surface area contributed by atoms with E-state index in [2.05, 4.69) is 5.32 Å². The molecule has 1 amide bonds. The molecule has 0 bridgehead atoms. The lowest BCUT2D eigenvalue weighted by atomic mass is 10.2. The third kappa shape index (κ3) is 3.82. The number of carboxylic acids is 1. The molecule has 2 heterocycles. The van der Waals surface area contributed by atoms with Gasteiger partial charge in [-0.2, -0.15) is 0 Å². The van der Waals surface area contributed by atoms with Crippen LogP contribution in [-0.4, -0.2) is 17.0 Å². The van der Waals surface area contributed by atoms with Gasteiger partial charge in [-0.3, -0.25) is 4.79 Å². The molecule has 0 atom stereocenters. The van der Waals surface area contributed by atoms with Gasteiger partial charge in [-0.05, 0) is 29.2 Å². The van der Waals surface area contributed by atoms with Gasteiger partial charge < -0.3 is 14.8 Å². The van der Waals surface area contributed by atoms with Gasteiger partial charge in [0.15, 0.2) is 0 Å². The van der Waals surface area contributed by atoms with Crippen molar-refractivity contribution in [3.63, 3.8) is 0 Å². The van der Waals surface area contributed by atoms with Crippen LogP contribution in [0.2, 0.25) is 0 Å². The van der Waals surface area contributed by atoms with Crippen molar-refractivity contribution in [3.05, 3.63) is 52.1 Å². The van der Waals surface area contributed by atoms with Gasteiger partial charge in [-0.15, -0.1) is 11.3 Å². The second-order valence-electron chi connectivity index (χ2n) is 3.71. The Hall–Kier alpha value is -2.34. The Morgan fingerprint density at radius 2 is 2.32 bits per heavy atom. The van der Waals surface area contributed by atoms with Crippen LogP contribution >= 0.6 is 11.3 Å². The molecule has 0 aliphatic heterocycles. The van der Waals surface area contributed by atoms with Crippen LogP contribution in [-0.2, 0) is 11.3 Å². The van der Waals surface area contributed by atoms with E-state index in [4.69, 9.17) is 9.52 Å². The van der Waals surface area contributed by atoms with Crippen molar-refractivity contribution in [1.82, 2.24) is 5.32 Å². The van der Waals surface area contributed by atoms with Crippen molar-refractivity contribution in [2.75, 3.05) is 0 Å². The van der Waals surface area contributed by atoms with Crippen molar-refractivity contribution in [2.45, 2.75) is 6.54 Å². The van der Waals surface area contributed by atoms with E-state index in [-0.39, 0.29) is 5.91 Å². The van der Waals surface area contributed by atoms with E-state index in [0.29, 0.717) is 12.1 Å². The minimum Gasteiger partial charge on any atom is -0.478 e. The first kappa shape index (κ1) is 13.1. The highest BCUT2D eigenvalue weighted by Crippen LogP contribution is 2.16. The predicted molar refractivity (Wildman–Crippen MR) is 70.9 cm³/mol. The van der Waals surface area contributed by atoms with Crippen molar-refractivity contribution in [3.8, 4) is 0 Å². The minimum absolute atomic E-state index is 0.204. The largest absolute Gasteiger partial charge is 0.478 e. The van der Waals surface area contributed by atoms with Gasteiger partial charge in [-0.25, -0.2) is 4.79 Å². The molecule has 5 nitrogen and oxygen atoms in total. The molecule has 0 unspecified atom stereocenters. The summed E-state index contributed by atoms with van der Waals surface area (Å²) in [7, 11) is 0. The standard InChI is InChI=1S/C13H11NO4S/c15-12(16)2-1-9-5-11(19-8-9)6-14-13(17)10-3-4-18-7-10/h1-5,7-8H,6H2,(H,14,17)(H,15,16). The number of nitrogens with one attached hydrogen (secondary N) is 1. The number of aliphatic carboxylic acids is 1. The summed E-state index contributed by atoms with van der Waals surface area (Å²) in [6, 6.07) is 3.42. The molecule has 0 aliphatic rings. The first-order valence-corrected chi connectivity index (χ1v) is 6.32. The summed E-state index contributed by atoms with van der Waals surface area (Å²) < 4.78 is 4.82. The minimum atomic E-state index is -0.985. The number of carbonyl (C=O) groups excluding carboxylic acids is 1. The van der Waals surface area contributed by atoms with E-state index < -0.39 is 5.97 Å². The lowest BCUT2D eigenvalue weighted by Gasteiger charge is -2.00. The van der Waals surface area contributed by atoms with Crippen molar-refractivity contribution >= 4 is 29.3 Å². The Morgan fingerprint density at radius 3 is 3.00 bits per heavy atom. The van der Waals surface area contributed by atoms with Crippen LogP contribution in [0.15, 0.2) is 40.5 Å². The van der Waals surface area contributed by atoms with Crippen LogP contribution in [0.3, 0.4) is 0 Å². The zero-order chi connectivity index (χ0) is 13.7. The van der Waals surface area contributed by atoms with E-state index in [1.165, 1.54) is 29.9 Å². The van der Waals surface area contributed by atoms with Gasteiger partial charge >= 0.3 is 5.97 Å². The molecule has 0 radical (unpaired) electrons. The van der Waals surface area contributed by atoms with Crippen LogP contribution in [0.4, 0.5) is 0 Å². The summed E-state index contributed by atoms with van der Waals surface area (Å²) >= 11 is 1.46. The van der Waals surface area contributed by atoms with E-state index in [9.17, 15) is 9.59 Å². The zero-order valence-corrected chi connectivity index (χ0v) is 10.6. The van der Waals surface area contributed by atoms with Crippen LogP contribution in [0.25, 0.3) is 6.08 Å². The number of rotatable bonds is 5. The van der Waals surface area contributed by atoms with Gasteiger partial charge in [0.1, 0.15) is 6.26 Å². The van der Waals surface area contributed by atoms with Crippen molar-refractivity contribution < 1.29 is 19.1 Å². The van der Waals surface area contributed by atoms with Crippen LogP contribution in [0, 0.1) is 0 Å². The maximum atomic E-state index is 11.6. The average molecular weight is 277 g/mol. The van der Waals surface area contributed by atoms with E-state index in [1.807, 2.05) is 11.4 Å². The molecule has 19 heavy (non-hydrogen) atoms. The normalized spacial score (nSPS) is 10.7. The monoisotopic (exact) mass is 277 g/mol. The highest BCUT2D eigenvalue weighted by atomic mass is 32.1. The number of amides is 1. The Labute approximate surface area is 113 Å². The van der Waals surface area contributed by atoms with Gasteiger partial charge in [-0.1, -0.05) is 0 Å². The molecule has 2 rings (SSSR count). The Kier molecular flexibility index (Phi) is 4.15. The number of furan rings is 1. The van der Waals surface area contributed by atoms with Gasteiger partial charge in [0, 0.05) is 11.0 Å². The number of carboxylic acid groups (broad SMARTS) is 1. The number of hydrogen-bond acceptors (Lipinski definition) is 4. The first-order chi connectivity index (χ1) is 9.15. The van der Waals surface area contributed by atoms with Crippen molar-refractivity contribution in [1.29, 1.82) is 0 Å². The quantitative estimate of drug-likeness (QED) is 0.822. The molecule has 98 valence electrons. The van der Waals surface area contributed by atoms with Crippen LogP contribution in [0.5, 0.6) is 0 Å². The van der Waals surface area contributed by atoms with Gasteiger partial charge in [0.2, 0.25) is 0 Å². The second kappa shape index (κ2) is 6.01. The Balaban J connectivity index is 1.90. The fraction of sp³-hybridized carbons (Fsp3) is 0.0769. The van der Waals surface area contributed by atoms with Gasteiger partial charge in [0.25, 0.3) is 5.91 Å². The summed E-state index contributed by atoms with van der Waals surface area (Å²) in [5.74, 6) is -1.19. The molecular formula is C13H11NO4S. The molecule has 2 N–H and O–H groups in total. The molecule has 0 fully saturated rings. The molecule has 0 spiro atoms. The maximum Gasteiger partial charge on any atom is 0.328 e. The van der Waals surface area contributed by atoms with E-state index in [1.54, 1.807) is 6.07 Å². The second-order valence-corrected chi connectivity index (χ2v) is 4.71. The smallest absolute Gasteiger partial charge is 0.328 e. The molecule has 2 aromatic rings. The number of hydrogen-bond donors (Lipinski definition) is 2. The summed E-state index contributed by atoms with van der Waals surface area (Å²) in [6.07, 6.45) is 5.41. The summed E-state index contributed by atoms with van der Waals surface area (Å²) in [5.41, 5.74) is 1.28. The zero-order valence-electron chi connectivity index (χ0n) is 9.83. The summed E-state index contributed by atoms with van der Waals surface area (Å²) in [5, 5.41) is 13.1. The molecule has 0 saturated heterocycles. The maximum absolute atomic E-state index is 11.6. The molecule has 6 heteroatoms. The highest BCUT2D eigenvalue weighted by Gasteiger charge is 2.06. The Bertz CT molecular complexity index is 598. The van der Waals surface area contributed by atoms with E-state index in [0.717, 1.165) is 16.5 Å². The molecule has 0 aliphatic carbocycles. The van der Waals surface area contributed by atoms with Crippen LogP contribution < -0.4 is 5.32 Å². The third-order valence-electron chi connectivity index (χ3n) is 2.30. The third-order valence-corrected chi connectivity index (χ3v) is 3.25. The fourth-order valence-corrected chi connectivity index (χ4v) is 2.20. The highest BCUT2D eigenvalue weighted by molar-refractivity contribution is 7.10. The van der Waals surface area contributed by atoms with Gasteiger partial charge in [0.05, 0.1) is 18.4 Å². The summed E-state index contributed by atoms with van der Waals surface area (Å²) in [4.78, 5) is 23.0. The van der Waals surface area contributed by atoms with Crippen molar-refractivity contribution in [2.24, 2.45) is 0 Å². The summed E-state index contributed by atoms with van der Waals surface area (Å²) in [6.45, 7) is 0.398.